The van der Waals surface area contributed by atoms with Crippen LogP contribution in [0.15, 0.2) is 53.3 Å². The van der Waals surface area contributed by atoms with Crippen molar-refractivity contribution in [3.63, 3.8) is 0 Å². The summed E-state index contributed by atoms with van der Waals surface area (Å²) >= 11 is 0. The molecule has 0 aliphatic carbocycles. The minimum atomic E-state index is -2.85. The molecule has 0 spiro atoms. The summed E-state index contributed by atoms with van der Waals surface area (Å²) in [5, 5.41) is 0. The highest BCUT2D eigenvalue weighted by molar-refractivity contribution is 6.13. The maximum atomic E-state index is 13.8. The molecule has 4 rings (SSSR count). The molecule has 0 bridgehead atoms. The van der Waals surface area contributed by atoms with Crippen LogP contribution in [0.4, 0.5) is 30.2 Å². The first-order valence-electron chi connectivity index (χ1n) is 9.24. The van der Waals surface area contributed by atoms with Crippen LogP contribution in [-0.2, 0) is 0 Å². The fraction of sp³-hybridized carbons (Fsp3) is 0.182. The van der Waals surface area contributed by atoms with E-state index in [0.29, 0.717) is 28.3 Å². The Kier molecular flexibility index (Phi) is 4.85. The molecule has 0 radical (unpaired) electrons. The number of rotatable bonds is 3. The Bertz CT molecular complexity index is 1210. The van der Waals surface area contributed by atoms with E-state index in [1.54, 1.807) is 30.9 Å². The van der Waals surface area contributed by atoms with E-state index in [9.17, 15) is 22.8 Å². The molecule has 0 saturated carbocycles. The molecule has 8 heteroatoms. The maximum absolute atomic E-state index is 13.8. The Labute approximate surface area is 170 Å². The van der Waals surface area contributed by atoms with E-state index >= 15 is 0 Å². The number of aryl methyl sites for hydroxylation is 2. The largest absolute Gasteiger partial charge is 0.324 e. The van der Waals surface area contributed by atoms with Gasteiger partial charge in [0.05, 0.1) is 16.9 Å². The van der Waals surface area contributed by atoms with Gasteiger partial charge in [-0.25, -0.2) is 13.2 Å². The summed E-state index contributed by atoms with van der Waals surface area (Å²) in [4.78, 5) is 30.6. The highest BCUT2D eigenvalue weighted by atomic mass is 19.3. The summed E-state index contributed by atoms with van der Waals surface area (Å²) in [7, 11) is 0. The average Bonchev–Trinajstić information content (AvgIpc) is 2.69. The molecule has 1 amide bonds. The molecule has 1 aliphatic heterocycles. The van der Waals surface area contributed by atoms with Gasteiger partial charge in [0, 0.05) is 23.0 Å². The van der Waals surface area contributed by atoms with Crippen LogP contribution < -0.4 is 15.4 Å². The van der Waals surface area contributed by atoms with Gasteiger partial charge in [0.15, 0.2) is 0 Å². The molecule has 1 aliphatic rings. The standard InChI is InChI=1S/C22H18F3N3O2/c1-12-10-14(23)6-7-16(12)27-11-28(17-8-9-19(29)26-13(17)2)22(30)20-15(21(24)25)4-3-5-18(20)27/h3-10,21H,11H2,1-2H3,(H,26,29). The third-order valence-electron chi connectivity index (χ3n) is 5.17. The molecule has 30 heavy (non-hydrogen) atoms. The molecule has 1 aromatic heterocycles. The van der Waals surface area contributed by atoms with Crippen molar-refractivity contribution in [2.24, 2.45) is 0 Å². The highest BCUT2D eigenvalue weighted by Crippen LogP contribution is 2.41. The number of pyridine rings is 1. The summed E-state index contributed by atoms with van der Waals surface area (Å²) in [5.74, 6) is -1.01. The van der Waals surface area contributed by atoms with Gasteiger partial charge in [-0.1, -0.05) is 12.1 Å². The number of benzene rings is 2. The summed E-state index contributed by atoms with van der Waals surface area (Å²) in [5.41, 5.74) is 1.51. The lowest BCUT2D eigenvalue weighted by Gasteiger charge is -2.39. The second-order valence-corrected chi connectivity index (χ2v) is 7.11. The predicted molar refractivity (Wildman–Crippen MR) is 108 cm³/mol. The number of aromatic nitrogens is 1. The number of fused-ring (bicyclic) bond motifs is 1. The van der Waals surface area contributed by atoms with Crippen molar-refractivity contribution < 1.29 is 18.0 Å². The molecule has 1 N–H and O–H groups in total. The quantitative estimate of drug-likeness (QED) is 0.670. The predicted octanol–water partition coefficient (Wildman–Crippen LogP) is 4.82. The van der Waals surface area contributed by atoms with Crippen molar-refractivity contribution >= 4 is 23.0 Å². The van der Waals surface area contributed by atoms with Crippen LogP contribution >= 0.6 is 0 Å². The molecule has 0 fully saturated rings. The number of hydrogen-bond donors (Lipinski definition) is 1. The maximum Gasteiger partial charge on any atom is 0.264 e. The lowest BCUT2D eigenvalue weighted by molar-refractivity contribution is 0.0969. The number of nitrogens with one attached hydrogen (secondary N) is 1. The zero-order valence-corrected chi connectivity index (χ0v) is 16.2. The molecule has 3 aromatic rings. The van der Waals surface area contributed by atoms with Crippen LogP contribution in [0.5, 0.6) is 0 Å². The van der Waals surface area contributed by atoms with E-state index in [-0.39, 0.29) is 23.4 Å². The second-order valence-electron chi connectivity index (χ2n) is 7.11. The Hall–Kier alpha value is -3.55. The molecular weight excluding hydrogens is 395 g/mol. The number of halogens is 3. The van der Waals surface area contributed by atoms with Crippen molar-refractivity contribution in [3.05, 3.63) is 87.1 Å². The normalized spacial score (nSPS) is 13.7. The van der Waals surface area contributed by atoms with Gasteiger partial charge in [-0.2, -0.15) is 0 Å². The molecular formula is C22H18F3N3O2. The molecule has 2 heterocycles. The van der Waals surface area contributed by atoms with Crippen LogP contribution in [-0.4, -0.2) is 17.6 Å². The first-order chi connectivity index (χ1) is 14.3. The van der Waals surface area contributed by atoms with Gasteiger partial charge in [-0.15, -0.1) is 0 Å². The molecule has 5 nitrogen and oxygen atoms in total. The third-order valence-corrected chi connectivity index (χ3v) is 5.17. The Morgan fingerprint density at radius 1 is 0.933 bits per heavy atom. The van der Waals surface area contributed by atoms with Crippen molar-refractivity contribution in [3.8, 4) is 0 Å². The zero-order valence-electron chi connectivity index (χ0n) is 16.2. The van der Waals surface area contributed by atoms with Crippen molar-refractivity contribution in [1.29, 1.82) is 0 Å². The summed E-state index contributed by atoms with van der Waals surface area (Å²) < 4.78 is 41.2. The van der Waals surface area contributed by atoms with E-state index in [4.69, 9.17) is 0 Å². The monoisotopic (exact) mass is 413 g/mol. The number of nitrogens with zero attached hydrogens (tertiary/aromatic N) is 2. The average molecular weight is 413 g/mol. The van der Waals surface area contributed by atoms with E-state index < -0.39 is 18.1 Å². The lowest BCUT2D eigenvalue weighted by atomic mass is 9.99. The molecule has 0 atom stereocenters. The van der Waals surface area contributed by atoms with Gasteiger partial charge in [0.2, 0.25) is 5.56 Å². The zero-order chi connectivity index (χ0) is 21.6. The molecule has 2 aromatic carbocycles. The van der Waals surface area contributed by atoms with Crippen molar-refractivity contribution in [2.45, 2.75) is 20.3 Å². The Balaban J connectivity index is 1.96. The van der Waals surface area contributed by atoms with Gasteiger partial charge in [-0.3, -0.25) is 14.5 Å². The summed E-state index contributed by atoms with van der Waals surface area (Å²) in [6.07, 6.45) is -2.85. The third kappa shape index (κ3) is 3.24. The number of carbonyl (C=O) groups excluding carboxylic acids is 1. The summed E-state index contributed by atoms with van der Waals surface area (Å²) in [6.45, 7) is 3.35. The molecule has 0 unspecified atom stereocenters. The van der Waals surface area contributed by atoms with Crippen molar-refractivity contribution in [2.75, 3.05) is 16.5 Å². The lowest BCUT2D eigenvalue weighted by Crippen LogP contribution is -2.46. The minimum absolute atomic E-state index is 0.0118. The van der Waals surface area contributed by atoms with Crippen LogP contribution in [0.3, 0.4) is 0 Å². The SMILES string of the molecule is Cc1cc(F)ccc1N1CN(c2ccc(=O)[nH]c2C)C(=O)c2c(C(F)F)cccc21. The first-order valence-corrected chi connectivity index (χ1v) is 9.24. The van der Waals surface area contributed by atoms with Gasteiger partial charge in [0.25, 0.3) is 12.3 Å². The summed E-state index contributed by atoms with van der Waals surface area (Å²) in [6, 6.07) is 11.2. The second kappa shape index (κ2) is 7.37. The van der Waals surface area contributed by atoms with E-state index in [2.05, 4.69) is 4.98 Å². The van der Waals surface area contributed by atoms with Crippen LogP contribution in [0.2, 0.25) is 0 Å². The van der Waals surface area contributed by atoms with Crippen LogP contribution in [0.1, 0.15) is 33.6 Å². The number of aromatic amines is 1. The Morgan fingerprint density at radius 2 is 1.67 bits per heavy atom. The number of anilines is 3. The number of H-pyrrole nitrogens is 1. The number of amides is 1. The van der Waals surface area contributed by atoms with Crippen LogP contribution in [0, 0.1) is 19.7 Å². The van der Waals surface area contributed by atoms with Crippen LogP contribution in [0.25, 0.3) is 0 Å². The number of hydrogen-bond acceptors (Lipinski definition) is 3. The molecule has 0 saturated heterocycles. The fourth-order valence-electron chi connectivity index (χ4n) is 3.79. The van der Waals surface area contributed by atoms with Gasteiger partial charge >= 0.3 is 0 Å². The van der Waals surface area contributed by atoms with E-state index in [0.717, 1.165) is 0 Å². The number of carbonyl (C=O) groups is 1. The fourth-order valence-corrected chi connectivity index (χ4v) is 3.79. The van der Waals surface area contributed by atoms with E-state index in [1.165, 1.54) is 41.3 Å². The van der Waals surface area contributed by atoms with Crippen molar-refractivity contribution in [1.82, 2.24) is 4.98 Å². The highest BCUT2D eigenvalue weighted by Gasteiger charge is 2.35. The topological polar surface area (TPSA) is 56.4 Å². The first kappa shape index (κ1) is 19.8. The smallest absolute Gasteiger partial charge is 0.264 e. The Morgan fingerprint density at radius 3 is 2.33 bits per heavy atom. The minimum Gasteiger partial charge on any atom is -0.324 e. The van der Waals surface area contributed by atoms with Gasteiger partial charge in [0.1, 0.15) is 12.5 Å². The number of alkyl halides is 2. The van der Waals surface area contributed by atoms with E-state index in [1.807, 2.05) is 0 Å². The van der Waals surface area contributed by atoms with Gasteiger partial charge in [-0.05, 0) is 49.7 Å². The van der Waals surface area contributed by atoms with Gasteiger partial charge < -0.3 is 9.88 Å². The molecule has 154 valence electrons.